The molecule has 0 aromatic heterocycles. The molecule has 1 aromatic carbocycles. The van der Waals surface area contributed by atoms with Crippen molar-refractivity contribution in [3.8, 4) is 0 Å². The van der Waals surface area contributed by atoms with E-state index in [9.17, 15) is 4.39 Å². The summed E-state index contributed by atoms with van der Waals surface area (Å²) in [4.78, 5) is 0. The highest BCUT2D eigenvalue weighted by molar-refractivity contribution is 14.1. The van der Waals surface area contributed by atoms with Crippen LogP contribution in [-0.2, 0) is 9.47 Å². The SMILES string of the molecule is CCOC(CNc1ccc(F)cc1I)OCC. The fourth-order valence-corrected chi connectivity index (χ4v) is 2.03. The van der Waals surface area contributed by atoms with E-state index in [0.717, 1.165) is 9.26 Å². The van der Waals surface area contributed by atoms with Crippen LogP contribution in [0.25, 0.3) is 0 Å². The van der Waals surface area contributed by atoms with Crippen molar-refractivity contribution < 1.29 is 13.9 Å². The molecule has 0 saturated carbocycles. The van der Waals surface area contributed by atoms with Gasteiger partial charge in [0.2, 0.25) is 0 Å². The van der Waals surface area contributed by atoms with Crippen LogP contribution in [0.2, 0.25) is 0 Å². The van der Waals surface area contributed by atoms with Crippen LogP contribution in [0.3, 0.4) is 0 Å². The average Bonchev–Trinajstić information content (AvgIpc) is 2.28. The summed E-state index contributed by atoms with van der Waals surface area (Å²) < 4.78 is 24.6. The van der Waals surface area contributed by atoms with Gasteiger partial charge in [0.25, 0.3) is 0 Å². The maximum atomic E-state index is 12.9. The van der Waals surface area contributed by atoms with E-state index < -0.39 is 0 Å². The minimum absolute atomic E-state index is 0.230. The van der Waals surface area contributed by atoms with Crippen LogP contribution in [-0.4, -0.2) is 26.0 Å². The van der Waals surface area contributed by atoms with E-state index in [2.05, 4.69) is 27.9 Å². The number of nitrogens with one attached hydrogen (secondary N) is 1. The van der Waals surface area contributed by atoms with Crippen molar-refractivity contribution in [1.29, 1.82) is 0 Å². The van der Waals surface area contributed by atoms with E-state index in [-0.39, 0.29) is 12.1 Å². The van der Waals surface area contributed by atoms with E-state index in [1.807, 2.05) is 13.8 Å². The Morgan fingerprint density at radius 1 is 1.29 bits per heavy atom. The van der Waals surface area contributed by atoms with Crippen molar-refractivity contribution in [2.45, 2.75) is 20.1 Å². The first kappa shape index (κ1) is 14.7. The summed E-state index contributed by atoms with van der Waals surface area (Å²) >= 11 is 2.09. The smallest absolute Gasteiger partial charge is 0.174 e. The first-order chi connectivity index (χ1) is 8.17. The van der Waals surface area contributed by atoms with E-state index in [1.165, 1.54) is 12.1 Å². The van der Waals surface area contributed by atoms with Crippen molar-refractivity contribution in [2.75, 3.05) is 25.1 Å². The van der Waals surface area contributed by atoms with Crippen molar-refractivity contribution in [2.24, 2.45) is 0 Å². The second-order valence-electron chi connectivity index (χ2n) is 3.35. The van der Waals surface area contributed by atoms with Gasteiger partial charge in [-0.3, -0.25) is 0 Å². The number of ether oxygens (including phenoxy) is 2. The standard InChI is InChI=1S/C12H17FINO2/c1-3-16-12(17-4-2)8-15-11-6-5-9(13)7-10(11)14/h5-7,12,15H,3-4,8H2,1-2H3. The Kier molecular flexibility index (Phi) is 6.76. The molecule has 1 rings (SSSR count). The van der Waals surface area contributed by atoms with Crippen LogP contribution >= 0.6 is 22.6 Å². The van der Waals surface area contributed by atoms with Gasteiger partial charge in [0, 0.05) is 22.5 Å². The van der Waals surface area contributed by atoms with Gasteiger partial charge < -0.3 is 14.8 Å². The maximum absolute atomic E-state index is 12.9. The minimum atomic E-state index is -0.272. The van der Waals surface area contributed by atoms with Gasteiger partial charge in [-0.25, -0.2) is 4.39 Å². The molecule has 5 heteroatoms. The highest BCUT2D eigenvalue weighted by Gasteiger charge is 2.08. The van der Waals surface area contributed by atoms with Gasteiger partial charge in [-0.2, -0.15) is 0 Å². The normalized spacial score (nSPS) is 10.9. The summed E-state index contributed by atoms with van der Waals surface area (Å²) in [6, 6.07) is 4.63. The number of halogens is 2. The Labute approximate surface area is 115 Å². The van der Waals surface area contributed by atoms with Gasteiger partial charge in [0.05, 0.1) is 6.54 Å². The van der Waals surface area contributed by atoms with Crippen molar-refractivity contribution >= 4 is 28.3 Å². The monoisotopic (exact) mass is 353 g/mol. The van der Waals surface area contributed by atoms with E-state index in [1.54, 1.807) is 6.07 Å². The summed E-state index contributed by atoms with van der Waals surface area (Å²) in [5.74, 6) is -0.230. The molecule has 96 valence electrons. The van der Waals surface area contributed by atoms with Crippen LogP contribution in [0, 0.1) is 9.39 Å². The average molecular weight is 353 g/mol. The van der Waals surface area contributed by atoms with Gasteiger partial charge in [-0.1, -0.05) is 0 Å². The summed E-state index contributed by atoms with van der Waals surface area (Å²) in [7, 11) is 0. The molecule has 0 atom stereocenters. The third-order valence-corrected chi connectivity index (χ3v) is 2.99. The van der Waals surface area contributed by atoms with Crippen LogP contribution in [0.15, 0.2) is 18.2 Å². The quantitative estimate of drug-likeness (QED) is 0.603. The lowest BCUT2D eigenvalue weighted by Gasteiger charge is -2.18. The van der Waals surface area contributed by atoms with E-state index in [0.29, 0.717) is 19.8 Å². The molecule has 0 saturated heterocycles. The Hall–Kier alpha value is -0.400. The van der Waals surface area contributed by atoms with Crippen LogP contribution < -0.4 is 5.32 Å². The van der Waals surface area contributed by atoms with Gasteiger partial charge in [-0.05, 0) is 54.6 Å². The molecule has 1 aromatic rings. The Bertz CT molecular complexity index is 343. The largest absolute Gasteiger partial charge is 0.379 e. The molecular weight excluding hydrogens is 336 g/mol. The molecule has 0 heterocycles. The molecule has 0 unspecified atom stereocenters. The Morgan fingerprint density at radius 3 is 2.47 bits per heavy atom. The summed E-state index contributed by atoms with van der Waals surface area (Å²) in [5, 5.41) is 3.19. The number of benzene rings is 1. The Balaban J connectivity index is 2.52. The van der Waals surface area contributed by atoms with E-state index in [4.69, 9.17) is 9.47 Å². The summed E-state index contributed by atoms with van der Waals surface area (Å²) in [6.07, 6.45) is -0.272. The molecule has 0 amide bonds. The highest BCUT2D eigenvalue weighted by atomic mass is 127. The van der Waals surface area contributed by atoms with Gasteiger partial charge >= 0.3 is 0 Å². The van der Waals surface area contributed by atoms with Crippen LogP contribution in [0.4, 0.5) is 10.1 Å². The molecule has 0 aliphatic rings. The molecule has 1 N–H and O–H groups in total. The molecule has 0 aliphatic carbocycles. The molecule has 0 bridgehead atoms. The zero-order valence-corrected chi connectivity index (χ0v) is 12.2. The predicted molar refractivity (Wildman–Crippen MR) is 74.6 cm³/mol. The topological polar surface area (TPSA) is 30.5 Å². The second kappa shape index (κ2) is 7.84. The van der Waals surface area contributed by atoms with Gasteiger partial charge in [0.15, 0.2) is 6.29 Å². The van der Waals surface area contributed by atoms with Gasteiger partial charge in [0.1, 0.15) is 5.82 Å². The van der Waals surface area contributed by atoms with Crippen molar-refractivity contribution in [1.82, 2.24) is 0 Å². The molecule has 0 fully saturated rings. The third kappa shape index (κ3) is 5.18. The highest BCUT2D eigenvalue weighted by Crippen LogP contribution is 2.19. The Morgan fingerprint density at radius 2 is 1.94 bits per heavy atom. The fourth-order valence-electron chi connectivity index (χ4n) is 1.36. The molecular formula is C12H17FINO2. The van der Waals surface area contributed by atoms with Crippen LogP contribution in [0.1, 0.15) is 13.8 Å². The lowest BCUT2D eigenvalue weighted by atomic mass is 10.3. The minimum Gasteiger partial charge on any atom is -0.379 e. The molecule has 3 nitrogen and oxygen atoms in total. The zero-order valence-electron chi connectivity index (χ0n) is 10.0. The second-order valence-corrected chi connectivity index (χ2v) is 4.51. The van der Waals surface area contributed by atoms with Gasteiger partial charge in [-0.15, -0.1) is 0 Å². The van der Waals surface area contributed by atoms with Crippen molar-refractivity contribution in [3.05, 3.63) is 27.6 Å². The molecule has 17 heavy (non-hydrogen) atoms. The maximum Gasteiger partial charge on any atom is 0.174 e. The lowest BCUT2D eigenvalue weighted by Crippen LogP contribution is -2.26. The summed E-state index contributed by atoms with van der Waals surface area (Å²) in [5.41, 5.74) is 0.886. The molecule has 0 radical (unpaired) electrons. The first-order valence-electron chi connectivity index (χ1n) is 5.59. The molecule has 0 aliphatic heterocycles. The number of hydrogen-bond donors (Lipinski definition) is 1. The third-order valence-electron chi connectivity index (χ3n) is 2.10. The zero-order chi connectivity index (χ0) is 12.7. The number of hydrogen-bond acceptors (Lipinski definition) is 3. The first-order valence-corrected chi connectivity index (χ1v) is 6.67. The van der Waals surface area contributed by atoms with E-state index >= 15 is 0 Å². The van der Waals surface area contributed by atoms with Crippen molar-refractivity contribution in [3.63, 3.8) is 0 Å². The predicted octanol–water partition coefficient (Wildman–Crippen LogP) is 3.24. The lowest BCUT2D eigenvalue weighted by molar-refractivity contribution is -0.126. The molecule has 0 spiro atoms. The number of anilines is 1. The number of rotatable bonds is 7. The van der Waals surface area contributed by atoms with Crippen LogP contribution in [0.5, 0.6) is 0 Å². The summed E-state index contributed by atoms with van der Waals surface area (Å²) in [6.45, 7) is 5.60. The fraction of sp³-hybridized carbons (Fsp3) is 0.500.